The molecule has 0 radical (unpaired) electrons. The van der Waals surface area contributed by atoms with Gasteiger partial charge in [-0.25, -0.2) is 0 Å². The number of benzene rings is 4. The van der Waals surface area contributed by atoms with Crippen LogP contribution in [0.5, 0.6) is 0 Å². The van der Waals surface area contributed by atoms with E-state index < -0.39 is 0 Å². The summed E-state index contributed by atoms with van der Waals surface area (Å²) in [6, 6.07) is 16.6. The van der Waals surface area contributed by atoms with Gasteiger partial charge in [-0.05, 0) is 146 Å². The van der Waals surface area contributed by atoms with Gasteiger partial charge in [-0.2, -0.15) is 0 Å². The smallest absolute Gasteiger partial charge is 0.0218 e. The van der Waals surface area contributed by atoms with Crippen LogP contribution in [-0.4, -0.2) is 31.5 Å². The number of fused-ring (bicyclic) bond motifs is 6. The minimum Gasteiger partial charge on any atom is -0.122 e. The molecule has 6 aliphatic carbocycles. The highest BCUT2D eigenvalue weighted by Crippen LogP contribution is 2.52. The van der Waals surface area contributed by atoms with Crippen LogP contribution >= 0.6 is 70.6 Å². The lowest BCUT2D eigenvalue weighted by Gasteiger charge is -2.28. The molecule has 0 amide bonds. The molecule has 0 unspecified atom stereocenters. The molecule has 6 saturated carbocycles. The van der Waals surface area contributed by atoms with E-state index in [1.165, 1.54) is 193 Å². The summed E-state index contributed by atoms with van der Waals surface area (Å²) in [6.45, 7) is 0. The van der Waals surface area contributed by atoms with Crippen molar-refractivity contribution in [2.24, 2.45) is 0 Å². The van der Waals surface area contributed by atoms with Gasteiger partial charge in [-0.1, -0.05) is 116 Å². The standard InChI is InChI=1S/C54H72S6/c1-7-19-37(20-8-1)55-49-31-43-44(32-50(49)56-38-21-9-2-10-22-38)46-34-52(58-40-25-13-4-14-26-40)54(60-42-29-17-6-18-30-42)36-48(46)47-35-53(59-41-27-15-5-16-28-41)51(33-45(43)47)57-39-23-11-3-12-24-39/h31-42H,1-30H2. The molecule has 324 valence electrons. The molecule has 0 nitrogen and oxygen atoms in total. The fraction of sp³-hybridized carbons (Fsp3) is 0.667. The van der Waals surface area contributed by atoms with Gasteiger partial charge in [0.25, 0.3) is 0 Å². The minimum absolute atomic E-state index is 0.766. The number of hydrogen-bond donors (Lipinski definition) is 0. The van der Waals surface area contributed by atoms with Crippen LogP contribution in [0, 0.1) is 0 Å². The van der Waals surface area contributed by atoms with Crippen LogP contribution in [-0.2, 0) is 0 Å². The van der Waals surface area contributed by atoms with E-state index in [0.717, 1.165) is 31.5 Å². The lowest BCUT2D eigenvalue weighted by molar-refractivity contribution is 0.515. The highest BCUT2D eigenvalue weighted by molar-refractivity contribution is 8.03. The fourth-order valence-electron chi connectivity index (χ4n) is 11.7. The largest absolute Gasteiger partial charge is 0.122 e. The Morgan fingerprint density at radius 3 is 0.467 bits per heavy atom. The number of rotatable bonds is 12. The SMILES string of the molecule is c1c(SC2CCCCC2)c(SC2CCCCC2)cc2c1c1cc(SC3CCCCC3)c(SC3CCCCC3)cc1c1cc(SC3CCCCC3)c(SC3CCCCC3)cc21. The lowest BCUT2D eigenvalue weighted by Crippen LogP contribution is -2.10. The maximum Gasteiger partial charge on any atom is 0.0218 e. The van der Waals surface area contributed by atoms with Crippen molar-refractivity contribution in [2.45, 2.75) is 253 Å². The average molecular weight is 914 g/mol. The van der Waals surface area contributed by atoms with Gasteiger partial charge in [-0.3, -0.25) is 0 Å². The van der Waals surface area contributed by atoms with Crippen molar-refractivity contribution in [1.82, 2.24) is 0 Å². The zero-order chi connectivity index (χ0) is 40.1. The molecule has 60 heavy (non-hydrogen) atoms. The third-order valence-electron chi connectivity index (χ3n) is 15.2. The zero-order valence-electron chi connectivity index (χ0n) is 36.6. The van der Waals surface area contributed by atoms with Crippen LogP contribution < -0.4 is 0 Å². The Morgan fingerprint density at radius 2 is 0.333 bits per heavy atom. The summed E-state index contributed by atoms with van der Waals surface area (Å²) in [4.78, 5) is 9.63. The van der Waals surface area contributed by atoms with Crippen molar-refractivity contribution in [3.63, 3.8) is 0 Å². The zero-order valence-corrected chi connectivity index (χ0v) is 41.5. The second-order valence-corrected chi connectivity index (χ2v) is 27.9. The van der Waals surface area contributed by atoms with Gasteiger partial charge < -0.3 is 0 Å². The monoisotopic (exact) mass is 912 g/mol. The van der Waals surface area contributed by atoms with E-state index in [1.54, 1.807) is 61.7 Å². The third-order valence-corrected chi connectivity index (χ3v) is 24.0. The molecule has 6 aliphatic rings. The molecule has 4 aromatic carbocycles. The normalized spacial score (nSPS) is 23.0. The van der Waals surface area contributed by atoms with Gasteiger partial charge in [-0.15, -0.1) is 70.6 Å². The summed E-state index contributed by atoms with van der Waals surface area (Å²) in [5.74, 6) is 0. The van der Waals surface area contributed by atoms with E-state index in [9.17, 15) is 0 Å². The van der Waals surface area contributed by atoms with Gasteiger partial charge in [0.15, 0.2) is 0 Å². The molecule has 0 atom stereocenters. The molecular formula is C54H72S6. The summed E-state index contributed by atoms with van der Waals surface area (Å²) in [5.41, 5.74) is 0. The first-order valence-corrected chi connectivity index (χ1v) is 30.5. The van der Waals surface area contributed by atoms with E-state index in [2.05, 4.69) is 107 Å². The van der Waals surface area contributed by atoms with Crippen molar-refractivity contribution >= 4 is 103 Å². The van der Waals surface area contributed by atoms with Gasteiger partial charge in [0.1, 0.15) is 0 Å². The molecule has 0 aliphatic heterocycles. The van der Waals surface area contributed by atoms with Gasteiger partial charge in [0, 0.05) is 60.9 Å². The molecule has 0 spiro atoms. The summed E-state index contributed by atoms with van der Waals surface area (Å²) in [5, 5.41) is 13.9. The molecule has 0 N–H and O–H groups in total. The Bertz CT molecular complexity index is 1630. The molecule has 0 heterocycles. The summed E-state index contributed by atoms with van der Waals surface area (Å²) in [6.07, 6.45) is 42.2. The van der Waals surface area contributed by atoms with E-state index in [0.29, 0.717) is 0 Å². The molecule has 10 rings (SSSR count). The van der Waals surface area contributed by atoms with Crippen molar-refractivity contribution in [2.75, 3.05) is 0 Å². The first-order valence-electron chi connectivity index (χ1n) is 25.3. The van der Waals surface area contributed by atoms with Crippen LogP contribution in [0.4, 0.5) is 0 Å². The predicted molar refractivity (Wildman–Crippen MR) is 275 cm³/mol. The second-order valence-electron chi connectivity index (χ2n) is 19.8. The lowest BCUT2D eigenvalue weighted by atomic mass is 9.94. The van der Waals surface area contributed by atoms with E-state index >= 15 is 0 Å². The quantitative estimate of drug-likeness (QED) is 0.129. The molecular weight excluding hydrogens is 841 g/mol. The van der Waals surface area contributed by atoms with Crippen LogP contribution in [0.15, 0.2) is 65.8 Å². The summed E-state index contributed by atoms with van der Waals surface area (Å²) in [7, 11) is 0. The summed E-state index contributed by atoms with van der Waals surface area (Å²) >= 11 is 13.7. The Hall–Kier alpha value is -0.240. The second kappa shape index (κ2) is 21.4. The fourth-order valence-corrected chi connectivity index (χ4v) is 20.3. The van der Waals surface area contributed by atoms with Crippen LogP contribution in [0.25, 0.3) is 32.3 Å². The van der Waals surface area contributed by atoms with Crippen LogP contribution in [0.1, 0.15) is 193 Å². The molecule has 0 bridgehead atoms. The highest BCUT2D eigenvalue weighted by Gasteiger charge is 2.27. The van der Waals surface area contributed by atoms with Gasteiger partial charge >= 0.3 is 0 Å². The number of thioether (sulfide) groups is 6. The highest BCUT2D eigenvalue weighted by atomic mass is 32.2. The first-order chi connectivity index (χ1) is 29.7. The topological polar surface area (TPSA) is 0 Å². The molecule has 0 aromatic heterocycles. The summed E-state index contributed by atoms with van der Waals surface area (Å²) < 4.78 is 0. The molecule has 4 aromatic rings. The van der Waals surface area contributed by atoms with E-state index in [4.69, 9.17) is 0 Å². The minimum atomic E-state index is 0.766. The maximum atomic E-state index is 2.77. The Balaban J connectivity index is 1.19. The number of hydrogen-bond acceptors (Lipinski definition) is 6. The Labute approximate surface area is 389 Å². The maximum absolute atomic E-state index is 2.77. The van der Waals surface area contributed by atoms with Crippen LogP contribution in [0.2, 0.25) is 0 Å². The molecule has 6 heteroatoms. The van der Waals surface area contributed by atoms with Crippen molar-refractivity contribution in [3.05, 3.63) is 36.4 Å². The van der Waals surface area contributed by atoms with Gasteiger partial charge in [0.2, 0.25) is 0 Å². The van der Waals surface area contributed by atoms with Crippen molar-refractivity contribution in [3.8, 4) is 0 Å². The predicted octanol–water partition coefficient (Wildman–Crippen LogP) is 19.7. The van der Waals surface area contributed by atoms with Gasteiger partial charge in [0.05, 0.1) is 0 Å². The molecule has 6 fully saturated rings. The Morgan fingerprint density at radius 1 is 0.200 bits per heavy atom. The van der Waals surface area contributed by atoms with E-state index in [-0.39, 0.29) is 0 Å². The Kier molecular flexibility index (Phi) is 15.5. The van der Waals surface area contributed by atoms with Crippen molar-refractivity contribution in [1.29, 1.82) is 0 Å². The average Bonchev–Trinajstić information content (AvgIpc) is 3.29. The van der Waals surface area contributed by atoms with Crippen LogP contribution in [0.3, 0.4) is 0 Å². The van der Waals surface area contributed by atoms with E-state index in [1.807, 2.05) is 0 Å². The third kappa shape index (κ3) is 10.7. The van der Waals surface area contributed by atoms with Crippen molar-refractivity contribution < 1.29 is 0 Å². The first kappa shape index (κ1) is 43.6. The molecule has 0 saturated heterocycles.